The number of hydrogen-bond donors (Lipinski definition) is 2. The van der Waals surface area contributed by atoms with Crippen molar-refractivity contribution in [1.29, 1.82) is 0 Å². The zero-order chi connectivity index (χ0) is 10.6. The molecule has 4 nitrogen and oxygen atoms in total. The lowest BCUT2D eigenvalue weighted by Crippen LogP contribution is -2.62. The lowest BCUT2D eigenvalue weighted by molar-refractivity contribution is -0.154. The van der Waals surface area contributed by atoms with Crippen molar-refractivity contribution in [3.8, 4) is 0 Å². The lowest BCUT2D eigenvalue weighted by Gasteiger charge is -2.40. The fraction of sp³-hybridized carbons (Fsp3) is 0.900. The van der Waals surface area contributed by atoms with Gasteiger partial charge in [0, 0.05) is 7.11 Å². The monoisotopic (exact) mass is 201 g/mol. The normalized spacial score (nSPS) is 32.9. The Bertz CT molecular complexity index is 204. The third-order valence-corrected chi connectivity index (χ3v) is 3.00. The summed E-state index contributed by atoms with van der Waals surface area (Å²) in [5.41, 5.74) is -0.859. The molecular weight excluding hydrogens is 182 g/mol. The highest BCUT2D eigenvalue weighted by Gasteiger charge is 2.47. The second-order valence-electron chi connectivity index (χ2n) is 3.78. The Morgan fingerprint density at radius 1 is 1.64 bits per heavy atom. The molecule has 0 aromatic carbocycles. The topological polar surface area (TPSA) is 58.6 Å². The molecule has 1 rings (SSSR count). The van der Waals surface area contributed by atoms with E-state index in [-0.39, 0.29) is 6.10 Å². The van der Waals surface area contributed by atoms with Crippen LogP contribution >= 0.6 is 0 Å². The number of nitrogens with one attached hydrogen (secondary N) is 1. The Morgan fingerprint density at radius 3 is 2.86 bits per heavy atom. The second-order valence-corrected chi connectivity index (χ2v) is 3.78. The SMILES string of the molecule is CCNC1(C(=O)O)CCCCC1OC. The molecule has 14 heavy (non-hydrogen) atoms. The molecule has 2 atom stereocenters. The average Bonchev–Trinajstić information content (AvgIpc) is 2.18. The van der Waals surface area contributed by atoms with Crippen molar-refractivity contribution in [2.75, 3.05) is 13.7 Å². The highest BCUT2D eigenvalue weighted by atomic mass is 16.5. The maximum Gasteiger partial charge on any atom is 0.326 e. The molecule has 0 aliphatic heterocycles. The van der Waals surface area contributed by atoms with Crippen molar-refractivity contribution < 1.29 is 14.6 Å². The summed E-state index contributed by atoms with van der Waals surface area (Å²) >= 11 is 0. The molecule has 0 bridgehead atoms. The van der Waals surface area contributed by atoms with E-state index in [1.165, 1.54) is 0 Å². The molecule has 0 saturated heterocycles. The van der Waals surface area contributed by atoms with E-state index in [1.54, 1.807) is 7.11 Å². The van der Waals surface area contributed by atoms with E-state index in [1.807, 2.05) is 6.92 Å². The van der Waals surface area contributed by atoms with Gasteiger partial charge in [-0.2, -0.15) is 0 Å². The first kappa shape index (κ1) is 11.5. The fourth-order valence-corrected chi connectivity index (χ4v) is 2.30. The molecule has 0 spiro atoms. The van der Waals surface area contributed by atoms with Crippen molar-refractivity contribution in [1.82, 2.24) is 5.32 Å². The molecule has 82 valence electrons. The Balaban J connectivity index is 2.84. The lowest BCUT2D eigenvalue weighted by atomic mass is 9.79. The number of carboxylic acid groups (broad SMARTS) is 1. The first-order valence-corrected chi connectivity index (χ1v) is 5.18. The molecule has 0 aromatic rings. The molecule has 0 heterocycles. The van der Waals surface area contributed by atoms with Gasteiger partial charge in [-0.1, -0.05) is 19.8 Å². The number of ether oxygens (including phenoxy) is 1. The molecule has 0 radical (unpaired) electrons. The van der Waals surface area contributed by atoms with Gasteiger partial charge in [0.1, 0.15) is 5.54 Å². The van der Waals surface area contributed by atoms with E-state index < -0.39 is 11.5 Å². The summed E-state index contributed by atoms with van der Waals surface area (Å²) in [6, 6.07) is 0. The van der Waals surface area contributed by atoms with Crippen LogP contribution in [0.5, 0.6) is 0 Å². The largest absolute Gasteiger partial charge is 0.480 e. The molecule has 2 N–H and O–H groups in total. The first-order chi connectivity index (χ1) is 6.67. The molecular formula is C10H19NO3. The Labute approximate surface area is 84.6 Å². The maximum absolute atomic E-state index is 11.3. The van der Waals surface area contributed by atoms with Crippen molar-refractivity contribution >= 4 is 5.97 Å². The Hall–Kier alpha value is -0.610. The predicted octanol–water partition coefficient (Wildman–Crippen LogP) is 1.01. The van der Waals surface area contributed by atoms with Crippen LogP contribution in [-0.2, 0) is 9.53 Å². The van der Waals surface area contributed by atoms with Crippen LogP contribution in [-0.4, -0.2) is 36.4 Å². The van der Waals surface area contributed by atoms with E-state index in [9.17, 15) is 9.90 Å². The zero-order valence-electron chi connectivity index (χ0n) is 8.88. The molecule has 4 heteroatoms. The minimum Gasteiger partial charge on any atom is -0.480 e. The van der Waals surface area contributed by atoms with Crippen molar-refractivity contribution in [3.05, 3.63) is 0 Å². The van der Waals surface area contributed by atoms with Crippen LogP contribution in [0.15, 0.2) is 0 Å². The van der Waals surface area contributed by atoms with Crippen LogP contribution in [0.1, 0.15) is 32.6 Å². The number of aliphatic carboxylic acids is 1. The first-order valence-electron chi connectivity index (χ1n) is 5.18. The number of rotatable bonds is 4. The van der Waals surface area contributed by atoms with Crippen molar-refractivity contribution in [3.63, 3.8) is 0 Å². The van der Waals surface area contributed by atoms with Gasteiger partial charge in [-0.25, -0.2) is 0 Å². The molecule has 0 amide bonds. The van der Waals surface area contributed by atoms with Crippen LogP contribution in [0.3, 0.4) is 0 Å². The summed E-state index contributed by atoms with van der Waals surface area (Å²) < 4.78 is 5.28. The minimum atomic E-state index is -0.859. The molecule has 1 fully saturated rings. The van der Waals surface area contributed by atoms with Gasteiger partial charge in [0.05, 0.1) is 6.10 Å². The molecule has 2 unspecified atom stereocenters. The van der Waals surface area contributed by atoms with Gasteiger partial charge in [-0.05, 0) is 19.4 Å². The van der Waals surface area contributed by atoms with Crippen LogP contribution in [0.4, 0.5) is 0 Å². The Morgan fingerprint density at radius 2 is 2.36 bits per heavy atom. The van der Waals surface area contributed by atoms with E-state index in [0.29, 0.717) is 13.0 Å². The third kappa shape index (κ3) is 1.91. The second kappa shape index (κ2) is 4.75. The number of likely N-dealkylation sites (N-methyl/N-ethyl adjacent to an activating group) is 1. The summed E-state index contributed by atoms with van der Waals surface area (Å²) in [5, 5.41) is 12.4. The predicted molar refractivity (Wildman–Crippen MR) is 53.3 cm³/mol. The molecule has 1 saturated carbocycles. The maximum atomic E-state index is 11.3. The fourth-order valence-electron chi connectivity index (χ4n) is 2.30. The quantitative estimate of drug-likeness (QED) is 0.712. The standard InChI is InChI=1S/C10H19NO3/c1-3-11-10(9(12)13)7-5-4-6-8(10)14-2/h8,11H,3-7H2,1-2H3,(H,12,13). The summed E-state index contributed by atoms with van der Waals surface area (Å²) in [6.07, 6.45) is 3.30. The van der Waals surface area contributed by atoms with Gasteiger partial charge < -0.3 is 9.84 Å². The van der Waals surface area contributed by atoms with Crippen LogP contribution in [0, 0.1) is 0 Å². The zero-order valence-corrected chi connectivity index (χ0v) is 8.88. The van der Waals surface area contributed by atoms with Gasteiger partial charge in [0.25, 0.3) is 0 Å². The van der Waals surface area contributed by atoms with Gasteiger partial charge in [0.15, 0.2) is 0 Å². The number of hydrogen-bond acceptors (Lipinski definition) is 3. The van der Waals surface area contributed by atoms with E-state index in [4.69, 9.17) is 4.74 Å². The van der Waals surface area contributed by atoms with E-state index in [2.05, 4.69) is 5.32 Å². The smallest absolute Gasteiger partial charge is 0.326 e. The highest BCUT2D eigenvalue weighted by Crippen LogP contribution is 2.30. The minimum absolute atomic E-state index is 0.200. The number of carbonyl (C=O) groups is 1. The van der Waals surface area contributed by atoms with E-state index in [0.717, 1.165) is 19.3 Å². The number of methoxy groups -OCH3 is 1. The summed E-state index contributed by atoms with van der Waals surface area (Å²) in [7, 11) is 1.59. The summed E-state index contributed by atoms with van der Waals surface area (Å²) in [5.74, 6) is -0.786. The molecule has 0 aromatic heterocycles. The Kier molecular flexibility index (Phi) is 3.89. The molecule has 1 aliphatic carbocycles. The van der Waals surface area contributed by atoms with Crippen LogP contribution in [0.25, 0.3) is 0 Å². The van der Waals surface area contributed by atoms with Gasteiger partial charge in [0.2, 0.25) is 0 Å². The van der Waals surface area contributed by atoms with Crippen LogP contribution in [0.2, 0.25) is 0 Å². The number of carboxylic acids is 1. The van der Waals surface area contributed by atoms with Gasteiger partial charge in [-0.3, -0.25) is 10.1 Å². The van der Waals surface area contributed by atoms with Gasteiger partial charge >= 0.3 is 5.97 Å². The van der Waals surface area contributed by atoms with Crippen molar-refractivity contribution in [2.45, 2.75) is 44.2 Å². The summed E-state index contributed by atoms with van der Waals surface area (Å²) in [6.45, 7) is 2.58. The van der Waals surface area contributed by atoms with E-state index >= 15 is 0 Å². The van der Waals surface area contributed by atoms with Crippen LogP contribution < -0.4 is 5.32 Å². The highest BCUT2D eigenvalue weighted by molar-refractivity contribution is 5.80. The van der Waals surface area contributed by atoms with Crippen molar-refractivity contribution in [2.24, 2.45) is 0 Å². The third-order valence-electron chi connectivity index (χ3n) is 3.00. The molecule has 1 aliphatic rings. The van der Waals surface area contributed by atoms with Gasteiger partial charge in [-0.15, -0.1) is 0 Å². The average molecular weight is 201 g/mol. The summed E-state index contributed by atoms with van der Waals surface area (Å²) in [4.78, 5) is 11.3.